The quantitative estimate of drug-likeness (QED) is 0.570. The summed E-state index contributed by atoms with van der Waals surface area (Å²) in [6.07, 6.45) is 6.39. The fourth-order valence-corrected chi connectivity index (χ4v) is 7.03. The van der Waals surface area contributed by atoms with Crippen LogP contribution in [0, 0.1) is 0 Å². The molecule has 2 aromatic heterocycles. The first-order valence-electron chi connectivity index (χ1n) is 13.4. The van der Waals surface area contributed by atoms with Crippen LogP contribution in [0.5, 0.6) is 0 Å². The number of likely N-dealkylation sites (tertiary alicyclic amines) is 1. The summed E-state index contributed by atoms with van der Waals surface area (Å²) in [5.74, 6) is 2.77. The number of carbonyl (C=O) groups is 1. The van der Waals surface area contributed by atoms with Gasteiger partial charge in [-0.05, 0) is 57.0 Å². The maximum Gasteiger partial charge on any atom is 0.274 e. The number of hydrogen-bond donors (Lipinski definition) is 1. The number of aromatic nitrogens is 4. The van der Waals surface area contributed by atoms with Gasteiger partial charge in [-0.25, -0.2) is 9.97 Å². The summed E-state index contributed by atoms with van der Waals surface area (Å²) in [5.41, 5.74) is 1.38. The number of aryl methyl sites for hydroxylation is 1. The van der Waals surface area contributed by atoms with Gasteiger partial charge in [0.25, 0.3) is 5.91 Å². The average Bonchev–Trinajstić information content (AvgIpc) is 3.52. The van der Waals surface area contributed by atoms with Crippen LogP contribution in [-0.4, -0.2) is 105 Å². The third-order valence-corrected chi connectivity index (χ3v) is 9.56. The van der Waals surface area contributed by atoms with E-state index < -0.39 is 11.2 Å². The Kier molecular flexibility index (Phi) is 6.99. The lowest BCUT2D eigenvalue weighted by molar-refractivity contribution is 0.0654. The molecule has 4 aliphatic rings. The Labute approximate surface area is 220 Å². The van der Waals surface area contributed by atoms with Crippen LogP contribution in [0.1, 0.15) is 47.7 Å². The highest BCUT2D eigenvalue weighted by atomic mass is 32.2. The van der Waals surface area contributed by atoms with Crippen LogP contribution in [0.15, 0.2) is 11.1 Å². The normalized spacial score (nSPS) is 23.1. The number of rotatable bonds is 5. The molecule has 1 N–H and O–H groups in total. The second-order valence-corrected chi connectivity index (χ2v) is 12.1. The summed E-state index contributed by atoms with van der Waals surface area (Å²) in [6, 6.07) is 0.513. The van der Waals surface area contributed by atoms with Crippen molar-refractivity contribution in [2.45, 2.75) is 62.2 Å². The molecule has 0 aromatic carbocycles. The maximum absolute atomic E-state index is 13.2. The minimum Gasteiger partial charge on any atom is -0.611 e. The molecule has 0 radical (unpaired) electrons. The molecule has 4 aliphatic heterocycles. The van der Waals surface area contributed by atoms with E-state index in [1.54, 1.807) is 0 Å². The average molecular weight is 529 g/mol. The Morgan fingerprint density at radius 1 is 1.14 bits per heavy atom. The predicted molar refractivity (Wildman–Crippen MR) is 140 cm³/mol. The molecule has 6 heterocycles. The van der Waals surface area contributed by atoms with E-state index in [9.17, 15) is 9.35 Å². The molecular formula is C25H36N8O3S. The SMILES string of the molecule is CN1CCC(N(C)C(=O)c2cn3c(n2)CN(c2nc4c(c(NC5CCOCC5)n2)[S+]([O-])CC4)CC3)CC1. The van der Waals surface area contributed by atoms with E-state index in [1.807, 2.05) is 18.1 Å². The van der Waals surface area contributed by atoms with E-state index in [1.165, 1.54) is 0 Å². The monoisotopic (exact) mass is 528 g/mol. The second kappa shape index (κ2) is 10.4. The lowest BCUT2D eigenvalue weighted by Crippen LogP contribution is -2.44. The largest absolute Gasteiger partial charge is 0.611 e. The summed E-state index contributed by atoms with van der Waals surface area (Å²) < 4.78 is 20.3. The highest BCUT2D eigenvalue weighted by Gasteiger charge is 2.35. The molecule has 2 aromatic rings. The summed E-state index contributed by atoms with van der Waals surface area (Å²) in [6.45, 7) is 5.44. The van der Waals surface area contributed by atoms with Crippen LogP contribution in [0.4, 0.5) is 11.8 Å². The summed E-state index contributed by atoms with van der Waals surface area (Å²) >= 11 is -1.07. The minimum absolute atomic E-state index is 0.0118. The molecule has 200 valence electrons. The molecule has 6 rings (SSSR count). The summed E-state index contributed by atoms with van der Waals surface area (Å²) in [4.78, 5) is 34.8. The first kappa shape index (κ1) is 24.9. The number of hydrogen-bond acceptors (Lipinski definition) is 9. The first-order chi connectivity index (χ1) is 18.0. The van der Waals surface area contributed by atoms with Crippen LogP contribution < -0.4 is 10.2 Å². The van der Waals surface area contributed by atoms with Crippen LogP contribution >= 0.6 is 0 Å². The van der Waals surface area contributed by atoms with Gasteiger partial charge >= 0.3 is 0 Å². The fourth-order valence-electron chi connectivity index (χ4n) is 5.71. The summed E-state index contributed by atoms with van der Waals surface area (Å²) in [5, 5.41) is 3.55. The standard InChI is InChI=1S/C25H36N8O3S/c1-30-8-3-18(4-9-30)31(2)24(34)20-15-32-10-11-33(16-21(32)27-20)25-28-19-7-14-37(35)22(19)23(29-25)26-17-5-12-36-13-6-17/h15,17-18H,3-14,16H2,1-2H3,(H,26,28,29). The predicted octanol–water partition coefficient (Wildman–Crippen LogP) is 1.11. The van der Waals surface area contributed by atoms with Crippen molar-refractivity contribution in [3.63, 3.8) is 0 Å². The molecule has 1 amide bonds. The van der Waals surface area contributed by atoms with E-state index in [2.05, 4.69) is 26.7 Å². The van der Waals surface area contributed by atoms with Crippen molar-refractivity contribution >= 4 is 28.8 Å². The van der Waals surface area contributed by atoms with Crippen LogP contribution in [0.2, 0.25) is 0 Å². The third-order valence-electron chi connectivity index (χ3n) is 8.10. The van der Waals surface area contributed by atoms with Gasteiger partial charge in [-0.2, -0.15) is 4.98 Å². The first-order valence-corrected chi connectivity index (χ1v) is 14.7. The van der Waals surface area contributed by atoms with E-state index in [-0.39, 0.29) is 18.0 Å². The van der Waals surface area contributed by atoms with Gasteiger partial charge in [-0.15, -0.1) is 0 Å². The Morgan fingerprint density at radius 3 is 2.70 bits per heavy atom. The lowest BCUT2D eigenvalue weighted by Gasteiger charge is -2.34. The molecule has 12 heteroatoms. The molecule has 1 unspecified atom stereocenters. The number of carbonyl (C=O) groups excluding carboxylic acids is 1. The smallest absolute Gasteiger partial charge is 0.274 e. The van der Waals surface area contributed by atoms with Crippen molar-refractivity contribution < 1.29 is 14.1 Å². The number of anilines is 2. The van der Waals surface area contributed by atoms with E-state index in [0.717, 1.165) is 74.9 Å². The molecule has 0 bridgehead atoms. The second-order valence-electron chi connectivity index (χ2n) is 10.6. The van der Waals surface area contributed by atoms with E-state index in [0.29, 0.717) is 42.7 Å². The number of imidazole rings is 1. The maximum atomic E-state index is 13.2. The molecule has 1 atom stereocenters. The molecule has 2 saturated heterocycles. The lowest BCUT2D eigenvalue weighted by atomic mass is 10.0. The molecule has 2 fully saturated rings. The zero-order valence-electron chi connectivity index (χ0n) is 21.7. The Hall–Kier alpha value is -2.41. The Bertz CT molecular complexity index is 1150. The molecule has 0 spiro atoms. The van der Waals surface area contributed by atoms with E-state index >= 15 is 0 Å². The molecular weight excluding hydrogens is 492 g/mol. The van der Waals surface area contributed by atoms with Crippen molar-refractivity contribution in [3.8, 4) is 0 Å². The van der Waals surface area contributed by atoms with Gasteiger partial charge in [0, 0.05) is 58.1 Å². The fraction of sp³-hybridized carbons (Fsp3) is 0.680. The van der Waals surface area contributed by atoms with Gasteiger partial charge in [0.15, 0.2) is 5.82 Å². The van der Waals surface area contributed by atoms with Crippen molar-refractivity contribution in [1.29, 1.82) is 0 Å². The number of fused-ring (bicyclic) bond motifs is 2. The molecule has 0 aliphatic carbocycles. The third kappa shape index (κ3) is 5.04. The zero-order chi connectivity index (χ0) is 25.5. The van der Waals surface area contributed by atoms with Gasteiger partial charge < -0.3 is 33.9 Å². The zero-order valence-corrected chi connectivity index (χ0v) is 22.5. The number of piperidine rings is 1. The number of nitrogens with zero attached hydrogens (tertiary/aromatic N) is 7. The number of nitrogens with one attached hydrogen (secondary N) is 1. The molecule has 37 heavy (non-hydrogen) atoms. The topological polar surface area (TPSA) is 115 Å². The molecule has 11 nitrogen and oxygen atoms in total. The van der Waals surface area contributed by atoms with Crippen molar-refractivity contribution in [2.24, 2.45) is 0 Å². The van der Waals surface area contributed by atoms with Gasteiger partial charge in [0.2, 0.25) is 10.8 Å². The van der Waals surface area contributed by atoms with Crippen LogP contribution in [-0.2, 0) is 35.4 Å². The van der Waals surface area contributed by atoms with Gasteiger partial charge in [0.05, 0.1) is 6.54 Å². The van der Waals surface area contributed by atoms with Crippen molar-refractivity contribution in [3.05, 3.63) is 23.4 Å². The van der Waals surface area contributed by atoms with Crippen molar-refractivity contribution in [2.75, 3.05) is 62.9 Å². The molecule has 0 saturated carbocycles. The number of amides is 1. The van der Waals surface area contributed by atoms with Gasteiger partial charge in [-0.1, -0.05) is 0 Å². The van der Waals surface area contributed by atoms with E-state index in [4.69, 9.17) is 19.7 Å². The van der Waals surface area contributed by atoms with Crippen LogP contribution in [0.25, 0.3) is 0 Å². The van der Waals surface area contributed by atoms with Gasteiger partial charge in [-0.3, -0.25) is 4.79 Å². The van der Waals surface area contributed by atoms with Crippen LogP contribution in [0.3, 0.4) is 0 Å². The Balaban J connectivity index is 1.19. The summed E-state index contributed by atoms with van der Waals surface area (Å²) in [7, 11) is 4.03. The minimum atomic E-state index is -1.07. The Morgan fingerprint density at radius 2 is 1.92 bits per heavy atom. The highest BCUT2D eigenvalue weighted by molar-refractivity contribution is 7.91. The highest BCUT2D eigenvalue weighted by Crippen LogP contribution is 2.34. The number of ether oxygens (including phenoxy) is 1. The van der Waals surface area contributed by atoms with Crippen molar-refractivity contribution in [1.82, 2.24) is 29.3 Å². The van der Waals surface area contributed by atoms with Gasteiger partial charge in [0.1, 0.15) is 23.0 Å².